The maximum Gasteiger partial charge on any atom is 0.0967 e. The van der Waals surface area contributed by atoms with E-state index in [4.69, 9.17) is 5.26 Å². The Morgan fingerprint density at radius 1 is 1.39 bits per heavy atom. The third-order valence-electron chi connectivity index (χ3n) is 4.24. The van der Waals surface area contributed by atoms with E-state index in [9.17, 15) is 0 Å². The van der Waals surface area contributed by atoms with Crippen molar-refractivity contribution in [1.82, 2.24) is 15.1 Å². The predicted molar refractivity (Wildman–Crippen MR) is 73.3 cm³/mol. The molecule has 0 aromatic rings. The number of piperazine rings is 1. The average Bonchev–Trinajstić information content (AvgIpc) is 3.20. The van der Waals surface area contributed by atoms with Crippen LogP contribution in [0.3, 0.4) is 0 Å². The Bertz CT molecular complexity index is 295. The van der Waals surface area contributed by atoms with Crippen LogP contribution >= 0.6 is 0 Å². The summed E-state index contributed by atoms with van der Waals surface area (Å²) in [7, 11) is 2.22. The molecule has 0 radical (unpaired) electrons. The van der Waals surface area contributed by atoms with Gasteiger partial charge >= 0.3 is 0 Å². The standard InChI is InChI=1S/C14H26N4/c1-3-14-11-18(9-8-17(14)2)7-6-13(10-15)16-12-4-5-12/h12-14,16H,3-9,11H2,1-2H3. The van der Waals surface area contributed by atoms with Crippen molar-refractivity contribution < 1.29 is 0 Å². The normalized spacial score (nSPS) is 27.9. The molecule has 1 aliphatic carbocycles. The summed E-state index contributed by atoms with van der Waals surface area (Å²) in [6.45, 7) is 6.79. The van der Waals surface area contributed by atoms with Gasteiger partial charge in [-0.15, -0.1) is 0 Å². The van der Waals surface area contributed by atoms with Gasteiger partial charge in [-0.05, 0) is 32.7 Å². The molecule has 1 N–H and O–H groups in total. The van der Waals surface area contributed by atoms with Gasteiger partial charge in [-0.2, -0.15) is 5.26 Å². The first-order valence-corrected chi connectivity index (χ1v) is 7.31. The Labute approximate surface area is 111 Å². The van der Waals surface area contributed by atoms with Gasteiger partial charge in [-0.1, -0.05) is 6.92 Å². The third-order valence-corrected chi connectivity index (χ3v) is 4.24. The molecule has 4 nitrogen and oxygen atoms in total. The molecule has 18 heavy (non-hydrogen) atoms. The molecule has 1 heterocycles. The molecular formula is C14H26N4. The number of nitriles is 1. The van der Waals surface area contributed by atoms with Gasteiger partial charge in [-0.25, -0.2) is 0 Å². The van der Waals surface area contributed by atoms with Crippen LogP contribution in [0.15, 0.2) is 0 Å². The zero-order chi connectivity index (χ0) is 13.0. The van der Waals surface area contributed by atoms with Crippen molar-refractivity contribution in [2.75, 3.05) is 33.2 Å². The van der Waals surface area contributed by atoms with Crippen LogP contribution in [-0.4, -0.2) is 61.2 Å². The van der Waals surface area contributed by atoms with Crippen molar-refractivity contribution in [1.29, 1.82) is 5.26 Å². The maximum atomic E-state index is 9.13. The molecule has 1 aliphatic heterocycles. The molecule has 102 valence electrons. The highest BCUT2D eigenvalue weighted by Crippen LogP contribution is 2.20. The Kier molecular flexibility index (Phi) is 4.99. The van der Waals surface area contributed by atoms with Crippen molar-refractivity contribution in [2.45, 2.75) is 50.7 Å². The summed E-state index contributed by atoms with van der Waals surface area (Å²) in [5.41, 5.74) is 0. The van der Waals surface area contributed by atoms with Crippen LogP contribution in [0.25, 0.3) is 0 Å². The quantitative estimate of drug-likeness (QED) is 0.765. The minimum absolute atomic E-state index is 0.0530. The molecule has 0 aromatic heterocycles. The average molecular weight is 250 g/mol. The van der Waals surface area contributed by atoms with E-state index in [1.165, 1.54) is 19.3 Å². The Morgan fingerprint density at radius 2 is 2.17 bits per heavy atom. The first-order valence-electron chi connectivity index (χ1n) is 7.31. The van der Waals surface area contributed by atoms with E-state index in [-0.39, 0.29) is 6.04 Å². The molecule has 2 atom stereocenters. The van der Waals surface area contributed by atoms with Gasteiger partial charge in [0.15, 0.2) is 0 Å². The van der Waals surface area contributed by atoms with Crippen LogP contribution in [0.1, 0.15) is 32.6 Å². The lowest BCUT2D eigenvalue weighted by molar-refractivity contribution is 0.0913. The lowest BCUT2D eigenvalue weighted by Crippen LogP contribution is -2.51. The second-order valence-corrected chi connectivity index (χ2v) is 5.75. The van der Waals surface area contributed by atoms with E-state index >= 15 is 0 Å². The number of hydrogen-bond donors (Lipinski definition) is 1. The SMILES string of the molecule is CCC1CN(CCC(C#N)NC2CC2)CCN1C. The monoisotopic (exact) mass is 250 g/mol. The first-order chi connectivity index (χ1) is 8.72. The highest BCUT2D eigenvalue weighted by atomic mass is 15.3. The van der Waals surface area contributed by atoms with Crippen molar-refractivity contribution in [3.63, 3.8) is 0 Å². The maximum absolute atomic E-state index is 9.13. The van der Waals surface area contributed by atoms with Crippen LogP contribution < -0.4 is 5.32 Å². The second kappa shape index (κ2) is 6.51. The van der Waals surface area contributed by atoms with Gasteiger partial charge in [0.1, 0.15) is 0 Å². The molecule has 2 rings (SSSR count). The van der Waals surface area contributed by atoms with E-state index < -0.39 is 0 Å². The number of nitrogens with zero attached hydrogens (tertiary/aromatic N) is 3. The van der Waals surface area contributed by atoms with Gasteiger partial charge in [-0.3, -0.25) is 5.32 Å². The molecule has 0 spiro atoms. The summed E-state index contributed by atoms with van der Waals surface area (Å²) in [6, 6.07) is 3.77. The van der Waals surface area contributed by atoms with E-state index in [1.807, 2.05) is 0 Å². The molecule has 1 saturated carbocycles. The van der Waals surface area contributed by atoms with Crippen molar-refractivity contribution >= 4 is 0 Å². The Balaban J connectivity index is 1.70. The number of hydrogen-bond acceptors (Lipinski definition) is 4. The van der Waals surface area contributed by atoms with Crippen molar-refractivity contribution in [3.8, 4) is 6.07 Å². The molecule has 2 aliphatic rings. The fourth-order valence-corrected chi connectivity index (χ4v) is 2.69. The summed E-state index contributed by atoms with van der Waals surface area (Å²) in [4.78, 5) is 4.98. The summed E-state index contributed by atoms with van der Waals surface area (Å²) >= 11 is 0. The van der Waals surface area contributed by atoms with Gasteiger partial charge in [0.2, 0.25) is 0 Å². The molecule has 2 unspecified atom stereocenters. The van der Waals surface area contributed by atoms with Crippen LogP contribution in [0.4, 0.5) is 0 Å². The largest absolute Gasteiger partial charge is 0.301 e. The van der Waals surface area contributed by atoms with Crippen LogP contribution in [0, 0.1) is 11.3 Å². The minimum atomic E-state index is 0.0530. The second-order valence-electron chi connectivity index (χ2n) is 5.75. The van der Waals surface area contributed by atoms with Crippen LogP contribution in [-0.2, 0) is 0 Å². The molecule has 1 saturated heterocycles. The lowest BCUT2D eigenvalue weighted by atomic mass is 10.1. The zero-order valence-electron chi connectivity index (χ0n) is 11.7. The van der Waals surface area contributed by atoms with E-state index in [0.717, 1.165) is 32.6 Å². The Hall–Kier alpha value is -0.630. The van der Waals surface area contributed by atoms with Gasteiger partial charge in [0.25, 0.3) is 0 Å². The topological polar surface area (TPSA) is 42.3 Å². The fourth-order valence-electron chi connectivity index (χ4n) is 2.69. The number of nitrogens with one attached hydrogen (secondary N) is 1. The van der Waals surface area contributed by atoms with Gasteiger partial charge in [0, 0.05) is 38.3 Å². The Morgan fingerprint density at radius 3 is 2.78 bits per heavy atom. The van der Waals surface area contributed by atoms with Crippen LogP contribution in [0.5, 0.6) is 0 Å². The first kappa shape index (κ1) is 13.8. The highest BCUT2D eigenvalue weighted by molar-refractivity contribution is 4.96. The minimum Gasteiger partial charge on any atom is -0.301 e. The third kappa shape index (κ3) is 3.94. The van der Waals surface area contributed by atoms with Crippen molar-refractivity contribution in [3.05, 3.63) is 0 Å². The van der Waals surface area contributed by atoms with Gasteiger partial charge < -0.3 is 9.80 Å². The van der Waals surface area contributed by atoms with E-state index in [0.29, 0.717) is 12.1 Å². The summed E-state index contributed by atoms with van der Waals surface area (Å²) < 4.78 is 0. The molecule has 2 fully saturated rings. The molecule has 0 amide bonds. The molecular weight excluding hydrogens is 224 g/mol. The highest BCUT2D eigenvalue weighted by Gasteiger charge is 2.26. The fraction of sp³-hybridized carbons (Fsp3) is 0.929. The van der Waals surface area contributed by atoms with E-state index in [2.05, 4.69) is 35.2 Å². The van der Waals surface area contributed by atoms with Crippen LogP contribution in [0.2, 0.25) is 0 Å². The van der Waals surface area contributed by atoms with Gasteiger partial charge in [0.05, 0.1) is 12.1 Å². The molecule has 4 heteroatoms. The summed E-state index contributed by atoms with van der Waals surface area (Å²) in [6.07, 6.45) is 4.69. The molecule has 0 aromatic carbocycles. The summed E-state index contributed by atoms with van der Waals surface area (Å²) in [5.74, 6) is 0. The summed E-state index contributed by atoms with van der Waals surface area (Å²) in [5, 5.41) is 12.5. The molecule has 0 bridgehead atoms. The smallest absolute Gasteiger partial charge is 0.0967 e. The lowest BCUT2D eigenvalue weighted by Gasteiger charge is -2.39. The van der Waals surface area contributed by atoms with Crippen molar-refractivity contribution in [2.24, 2.45) is 0 Å². The number of rotatable bonds is 6. The predicted octanol–water partition coefficient (Wildman–Crippen LogP) is 1.05. The number of likely N-dealkylation sites (N-methyl/N-ethyl adjacent to an activating group) is 1. The zero-order valence-corrected chi connectivity index (χ0v) is 11.7. The van der Waals surface area contributed by atoms with E-state index in [1.54, 1.807) is 0 Å².